The Hall–Kier alpha value is -1.61. The molecule has 0 spiro atoms. The van der Waals surface area contributed by atoms with Gasteiger partial charge in [0.2, 0.25) is 0 Å². The molecule has 0 N–H and O–H groups in total. The van der Waals surface area contributed by atoms with Crippen LogP contribution < -0.4 is 0 Å². The van der Waals surface area contributed by atoms with Crippen molar-refractivity contribution in [3.63, 3.8) is 0 Å². The summed E-state index contributed by atoms with van der Waals surface area (Å²) in [4.78, 5) is 7.54. The van der Waals surface area contributed by atoms with Crippen molar-refractivity contribution in [3.05, 3.63) is 47.1 Å². The summed E-state index contributed by atoms with van der Waals surface area (Å²) in [6, 6.07) is 9.25. The molecule has 0 aliphatic heterocycles. The number of aromatic nitrogens is 2. The first kappa shape index (κ1) is 28.4. The van der Waals surface area contributed by atoms with Gasteiger partial charge in [-0.2, -0.15) is 0 Å². The molecule has 1 saturated carbocycles. The molecule has 3 heteroatoms. The third-order valence-corrected chi connectivity index (χ3v) is 9.81. The number of nitrogens with zero attached hydrogens (tertiary/aromatic N) is 2. The minimum Gasteiger partial charge on any atom is -0.297 e. The number of unbranched alkanes of at least 4 members (excludes halogenated alkanes) is 9. The van der Waals surface area contributed by atoms with E-state index < -0.39 is 0 Å². The Kier molecular flexibility index (Phi) is 12.1. The fraction of sp³-hybridized carbons (Fsp3) is 0.676. The first-order valence-corrected chi connectivity index (χ1v) is 16.6. The SMILES string of the molecule is CCCCCCCC[C@H]1CC[C@H](CCc2ccc(-c3cn4cc(CCCCCCC)sc4n3)cc2)CC1. The highest BCUT2D eigenvalue weighted by Crippen LogP contribution is 2.34. The molecule has 0 unspecified atom stereocenters. The van der Waals surface area contributed by atoms with E-state index in [1.54, 1.807) is 0 Å². The van der Waals surface area contributed by atoms with Crippen molar-refractivity contribution >= 4 is 16.3 Å². The van der Waals surface area contributed by atoms with Crippen LogP contribution in [0.3, 0.4) is 0 Å². The molecule has 204 valence electrons. The van der Waals surface area contributed by atoms with Gasteiger partial charge in [0.15, 0.2) is 4.96 Å². The summed E-state index contributed by atoms with van der Waals surface area (Å²) in [7, 11) is 0. The lowest BCUT2D eigenvalue weighted by atomic mass is 9.77. The van der Waals surface area contributed by atoms with Crippen LogP contribution in [-0.2, 0) is 12.8 Å². The lowest BCUT2D eigenvalue weighted by molar-refractivity contribution is 0.248. The molecule has 2 aromatic heterocycles. The molecular weight excluding hydrogens is 468 g/mol. The third-order valence-electron chi connectivity index (χ3n) is 8.75. The second-order valence-electron chi connectivity index (χ2n) is 11.9. The van der Waals surface area contributed by atoms with Crippen LogP contribution in [0, 0.1) is 11.8 Å². The smallest absolute Gasteiger partial charge is 0.194 e. The second kappa shape index (κ2) is 15.7. The van der Waals surface area contributed by atoms with E-state index in [9.17, 15) is 0 Å². The van der Waals surface area contributed by atoms with Gasteiger partial charge in [-0.1, -0.05) is 134 Å². The molecule has 1 aliphatic rings. The maximum atomic E-state index is 4.94. The average Bonchev–Trinajstić information content (AvgIpc) is 3.49. The quantitative estimate of drug-likeness (QED) is 0.162. The van der Waals surface area contributed by atoms with Gasteiger partial charge >= 0.3 is 0 Å². The Morgan fingerprint density at radius 3 is 2.00 bits per heavy atom. The standard InChI is InChI=1S/C34H52N2S/c1-3-5-7-9-11-12-14-28-16-18-29(19-17-28)20-21-30-22-24-31(25-23-30)33-27-36-26-32(37-34(36)35-33)15-13-10-8-6-4-2/h22-29H,3-21H2,1-2H3/t28-,29-. The molecule has 1 aliphatic carbocycles. The van der Waals surface area contributed by atoms with Crippen molar-refractivity contribution in [1.29, 1.82) is 0 Å². The van der Waals surface area contributed by atoms with Gasteiger partial charge in [-0.15, -0.1) is 11.3 Å². The highest BCUT2D eigenvalue weighted by atomic mass is 32.1. The third kappa shape index (κ3) is 9.27. The Labute approximate surface area is 231 Å². The molecule has 37 heavy (non-hydrogen) atoms. The van der Waals surface area contributed by atoms with Crippen molar-refractivity contribution in [2.45, 2.75) is 136 Å². The van der Waals surface area contributed by atoms with Crippen LogP contribution in [0.5, 0.6) is 0 Å². The van der Waals surface area contributed by atoms with E-state index in [0.717, 1.165) is 22.5 Å². The lowest BCUT2D eigenvalue weighted by Crippen LogP contribution is -2.15. The Morgan fingerprint density at radius 1 is 0.703 bits per heavy atom. The van der Waals surface area contributed by atoms with Crippen LogP contribution in [0.4, 0.5) is 0 Å². The summed E-state index contributed by atoms with van der Waals surface area (Å²) in [6.45, 7) is 4.59. The zero-order valence-corrected chi connectivity index (χ0v) is 24.7. The molecule has 0 saturated heterocycles. The summed E-state index contributed by atoms with van der Waals surface area (Å²) in [5.74, 6) is 1.97. The summed E-state index contributed by atoms with van der Waals surface area (Å²) < 4.78 is 2.23. The highest BCUT2D eigenvalue weighted by Gasteiger charge is 2.20. The van der Waals surface area contributed by atoms with Crippen LogP contribution >= 0.6 is 11.3 Å². The zero-order valence-electron chi connectivity index (χ0n) is 23.9. The first-order chi connectivity index (χ1) is 18.2. The van der Waals surface area contributed by atoms with E-state index in [0.29, 0.717) is 0 Å². The number of thiazole rings is 1. The largest absolute Gasteiger partial charge is 0.297 e. The predicted molar refractivity (Wildman–Crippen MR) is 163 cm³/mol. The van der Waals surface area contributed by atoms with Crippen molar-refractivity contribution in [1.82, 2.24) is 9.38 Å². The highest BCUT2D eigenvalue weighted by molar-refractivity contribution is 7.17. The molecule has 0 bridgehead atoms. The fourth-order valence-electron chi connectivity index (χ4n) is 6.24. The van der Waals surface area contributed by atoms with Crippen molar-refractivity contribution in [3.8, 4) is 11.3 Å². The van der Waals surface area contributed by atoms with Gasteiger partial charge in [-0.3, -0.25) is 4.40 Å². The summed E-state index contributed by atoms with van der Waals surface area (Å²) >= 11 is 1.86. The van der Waals surface area contributed by atoms with Gasteiger partial charge in [0.05, 0.1) is 5.69 Å². The molecule has 0 atom stereocenters. The number of hydrogen-bond donors (Lipinski definition) is 0. The van der Waals surface area contributed by atoms with E-state index in [4.69, 9.17) is 4.98 Å². The van der Waals surface area contributed by atoms with Gasteiger partial charge < -0.3 is 0 Å². The van der Waals surface area contributed by atoms with E-state index in [1.165, 1.54) is 138 Å². The Bertz CT molecular complexity index is 975. The number of benzene rings is 1. The van der Waals surface area contributed by atoms with E-state index in [2.05, 4.69) is 54.9 Å². The monoisotopic (exact) mass is 520 g/mol. The van der Waals surface area contributed by atoms with Gasteiger partial charge in [0.1, 0.15) is 0 Å². The van der Waals surface area contributed by atoms with E-state index in [-0.39, 0.29) is 0 Å². The maximum absolute atomic E-state index is 4.94. The molecule has 4 rings (SSSR count). The number of aryl methyl sites for hydroxylation is 2. The molecule has 2 heterocycles. The first-order valence-electron chi connectivity index (χ1n) is 15.8. The number of imidazole rings is 1. The van der Waals surface area contributed by atoms with Crippen LogP contribution in [-0.4, -0.2) is 9.38 Å². The molecular formula is C34H52N2S. The van der Waals surface area contributed by atoms with Crippen molar-refractivity contribution in [2.75, 3.05) is 0 Å². The summed E-state index contributed by atoms with van der Waals surface area (Å²) in [5.41, 5.74) is 3.84. The van der Waals surface area contributed by atoms with Gasteiger partial charge in [-0.25, -0.2) is 4.98 Å². The number of fused-ring (bicyclic) bond motifs is 1. The fourth-order valence-corrected chi connectivity index (χ4v) is 7.24. The number of hydrogen-bond acceptors (Lipinski definition) is 2. The topological polar surface area (TPSA) is 17.3 Å². The van der Waals surface area contributed by atoms with E-state index >= 15 is 0 Å². The average molecular weight is 521 g/mol. The normalized spacial score (nSPS) is 18.1. The molecule has 1 aromatic carbocycles. The Balaban J connectivity index is 1.15. The second-order valence-corrected chi connectivity index (χ2v) is 13.0. The van der Waals surface area contributed by atoms with Gasteiger partial charge in [0, 0.05) is 22.8 Å². The van der Waals surface area contributed by atoms with Crippen LogP contribution in [0.25, 0.3) is 16.2 Å². The van der Waals surface area contributed by atoms with E-state index in [1.807, 2.05) is 11.3 Å². The van der Waals surface area contributed by atoms with Crippen molar-refractivity contribution in [2.24, 2.45) is 11.8 Å². The van der Waals surface area contributed by atoms with Crippen LogP contribution in [0.2, 0.25) is 0 Å². The summed E-state index contributed by atoms with van der Waals surface area (Å²) in [5, 5.41) is 0. The van der Waals surface area contributed by atoms with Crippen molar-refractivity contribution < 1.29 is 0 Å². The lowest BCUT2D eigenvalue weighted by Gasteiger charge is -2.28. The molecule has 1 fully saturated rings. The van der Waals surface area contributed by atoms with Gasteiger partial charge in [-0.05, 0) is 43.1 Å². The zero-order chi connectivity index (χ0) is 25.7. The molecule has 0 amide bonds. The van der Waals surface area contributed by atoms with Crippen LogP contribution in [0.15, 0.2) is 36.7 Å². The van der Waals surface area contributed by atoms with Crippen LogP contribution in [0.1, 0.15) is 133 Å². The summed E-state index contributed by atoms with van der Waals surface area (Å²) in [6.07, 6.45) is 31.0. The maximum Gasteiger partial charge on any atom is 0.194 e. The number of rotatable bonds is 17. The minimum atomic E-state index is 0.946. The Morgan fingerprint density at radius 2 is 1.32 bits per heavy atom. The molecule has 2 nitrogen and oxygen atoms in total. The predicted octanol–water partition coefficient (Wildman–Crippen LogP) is 11.1. The minimum absolute atomic E-state index is 0.946. The molecule has 3 aromatic rings. The van der Waals surface area contributed by atoms with Gasteiger partial charge in [0.25, 0.3) is 0 Å². The molecule has 0 radical (unpaired) electrons.